The van der Waals surface area contributed by atoms with Gasteiger partial charge in [-0.15, -0.1) is 0 Å². The van der Waals surface area contributed by atoms with Gasteiger partial charge < -0.3 is 15.0 Å². The van der Waals surface area contributed by atoms with Gasteiger partial charge in [0.25, 0.3) is 0 Å². The number of nitrogens with one attached hydrogen (secondary N) is 1. The number of aliphatic hydroxyl groups excluding tert-OH is 1. The van der Waals surface area contributed by atoms with E-state index in [1.807, 2.05) is 29.9 Å². The first kappa shape index (κ1) is 14.1. The highest BCUT2D eigenvalue weighted by Crippen LogP contribution is 2.15. The maximum absolute atomic E-state index is 10.00. The number of benzene rings is 1. The fourth-order valence-electron chi connectivity index (χ4n) is 1.88. The number of nitrogens with zero attached hydrogens (tertiary/aromatic N) is 2. The normalized spacial score (nSPS) is 12.6. The molecule has 1 aromatic heterocycles. The van der Waals surface area contributed by atoms with Crippen LogP contribution in [0.25, 0.3) is 0 Å². The average Bonchev–Trinajstić information content (AvgIpc) is 2.81. The number of aliphatic hydroxyl groups is 1. The van der Waals surface area contributed by atoms with Crippen LogP contribution in [0.3, 0.4) is 0 Å². The molecule has 4 nitrogen and oxygen atoms in total. The summed E-state index contributed by atoms with van der Waals surface area (Å²) in [6.07, 6.45) is 4.05. The number of rotatable bonds is 6. The van der Waals surface area contributed by atoms with E-state index in [9.17, 15) is 5.11 Å². The third kappa shape index (κ3) is 4.06. The lowest BCUT2D eigenvalue weighted by Crippen LogP contribution is -2.24. The van der Waals surface area contributed by atoms with Crippen LogP contribution in [0.15, 0.2) is 36.7 Å². The van der Waals surface area contributed by atoms with Crippen LogP contribution in [0, 0.1) is 0 Å². The Bertz CT molecular complexity index is 510. The van der Waals surface area contributed by atoms with Gasteiger partial charge in [0.15, 0.2) is 0 Å². The number of aromatic nitrogens is 2. The molecule has 1 unspecified atom stereocenters. The molecule has 0 aliphatic carbocycles. The van der Waals surface area contributed by atoms with Crippen molar-refractivity contribution in [1.29, 1.82) is 0 Å². The van der Waals surface area contributed by atoms with Crippen LogP contribution in [-0.2, 0) is 13.5 Å². The first-order valence-electron chi connectivity index (χ1n) is 6.27. The summed E-state index contributed by atoms with van der Waals surface area (Å²) in [6.45, 7) is 1.31. The predicted octanol–water partition coefficient (Wildman–Crippen LogP) is 1.94. The molecule has 1 atom stereocenters. The Morgan fingerprint density at radius 1 is 1.37 bits per heavy atom. The van der Waals surface area contributed by atoms with Crippen LogP contribution in [-0.4, -0.2) is 27.7 Å². The maximum Gasteiger partial charge on any atom is 0.109 e. The third-order valence-corrected chi connectivity index (χ3v) is 3.29. The molecule has 102 valence electrons. The molecule has 0 saturated carbocycles. The lowest BCUT2D eigenvalue weighted by molar-refractivity contribution is 0.175. The Morgan fingerprint density at radius 2 is 2.11 bits per heavy atom. The van der Waals surface area contributed by atoms with Crippen molar-refractivity contribution in [3.05, 3.63) is 53.1 Å². The van der Waals surface area contributed by atoms with E-state index in [0.29, 0.717) is 11.6 Å². The van der Waals surface area contributed by atoms with Crippen molar-refractivity contribution in [1.82, 2.24) is 14.9 Å². The van der Waals surface area contributed by atoms with E-state index in [1.165, 1.54) is 0 Å². The summed E-state index contributed by atoms with van der Waals surface area (Å²) in [5.74, 6) is 1.04. The quantitative estimate of drug-likeness (QED) is 0.795. The lowest BCUT2D eigenvalue weighted by Gasteiger charge is -2.12. The van der Waals surface area contributed by atoms with Crippen LogP contribution in [0.5, 0.6) is 0 Å². The largest absolute Gasteiger partial charge is 0.387 e. The van der Waals surface area contributed by atoms with Crippen molar-refractivity contribution in [2.45, 2.75) is 12.5 Å². The minimum Gasteiger partial charge on any atom is -0.387 e. The van der Waals surface area contributed by atoms with Crippen LogP contribution >= 0.6 is 11.6 Å². The zero-order valence-corrected chi connectivity index (χ0v) is 11.6. The summed E-state index contributed by atoms with van der Waals surface area (Å²) in [5.41, 5.74) is 0.869. The van der Waals surface area contributed by atoms with Gasteiger partial charge in [-0.2, -0.15) is 0 Å². The molecule has 0 fully saturated rings. The van der Waals surface area contributed by atoms with Crippen LogP contribution in [0.1, 0.15) is 17.5 Å². The Hall–Kier alpha value is -1.36. The molecule has 5 heteroatoms. The summed E-state index contributed by atoms with van der Waals surface area (Å²) in [5, 5.41) is 13.9. The highest BCUT2D eigenvalue weighted by atomic mass is 35.5. The molecule has 2 N–H and O–H groups in total. The van der Waals surface area contributed by atoms with Crippen LogP contribution < -0.4 is 5.32 Å². The fourth-order valence-corrected chi connectivity index (χ4v) is 2.01. The standard InChI is InChI=1S/C14H18ClN3O/c1-18-9-8-17-14(18)6-7-16-10-13(19)11-2-4-12(15)5-3-11/h2-5,8-9,13,16,19H,6-7,10H2,1H3. The monoisotopic (exact) mass is 279 g/mol. The van der Waals surface area contributed by atoms with E-state index in [-0.39, 0.29) is 0 Å². The van der Waals surface area contributed by atoms with Crippen molar-refractivity contribution in [3.63, 3.8) is 0 Å². The second-order valence-electron chi connectivity index (χ2n) is 4.48. The maximum atomic E-state index is 10.00. The Balaban J connectivity index is 1.73. The van der Waals surface area contributed by atoms with E-state index in [0.717, 1.165) is 24.4 Å². The number of hydrogen-bond acceptors (Lipinski definition) is 3. The summed E-state index contributed by atoms with van der Waals surface area (Å²) >= 11 is 5.81. The van der Waals surface area contributed by atoms with Gasteiger partial charge in [-0.05, 0) is 17.7 Å². The molecule has 0 aliphatic heterocycles. The smallest absolute Gasteiger partial charge is 0.109 e. The number of imidazole rings is 1. The lowest BCUT2D eigenvalue weighted by atomic mass is 10.1. The minimum absolute atomic E-state index is 0.515. The van der Waals surface area contributed by atoms with Gasteiger partial charge >= 0.3 is 0 Å². The van der Waals surface area contributed by atoms with E-state index >= 15 is 0 Å². The highest BCUT2D eigenvalue weighted by Gasteiger charge is 2.07. The summed E-state index contributed by atoms with van der Waals surface area (Å²) < 4.78 is 2.00. The van der Waals surface area contributed by atoms with E-state index < -0.39 is 6.10 Å². The fraction of sp³-hybridized carbons (Fsp3) is 0.357. The second kappa shape index (κ2) is 6.70. The molecule has 1 aromatic carbocycles. The molecule has 1 heterocycles. The van der Waals surface area contributed by atoms with Gasteiger partial charge in [0.05, 0.1) is 6.10 Å². The molecular weight excluding hydrogens is 262 g/mol. The minimum atomic E-state index is -0.515. The third-order valence-electron chi connectivity index (χ3n) is 3.04. The highest BCUT2D eigenvalue weighted by molar-refractivity contribution is 6.30. The number of hydrogen-bond donors (Lipinski definition) is 2. The van der Waals surface area contributed by atoms with Gasteiger partial charge in [-0.25, -0.2) is 4.98 Å². The van der Waals surface area contributed by atoms with Gasteiger partial charge in [-0.3, -0.25) is 0 Å². The molecule has 0 aliphatic rings. The Kier molecular flexibility index (Phi) is 4.96. The number of halogens is 1. The Labute approximate surface area is 118 Å². The number of aryl methyl sites for hydroxylation is 1. The zero-order chi connectivity index (χ0) is 13.7. The Morgan fingerprint density at radius 3 is 2.74 bits per heavy atom. The molecule has 0 radical (unpaired) electrons. The first-order valence-corrected chi connectivity index (χ1v) is 6.65. The van der Waals surface area contributed by atoms with Gasteiger partial charge in [-0.1, -0.05) is 23.7 Å². The molecule has 0 bridgehead atoms. The summed E-state index contributed by atoms with van der Waals surface area (Å²) in [6, 6.07) is 7.25. The van der Waals surface area contributed by atoms with Crippen molar-refractivity contribution in [2.75, 3.05) is 13.1 Å². The molecule has 0 spiro atoms. The van der Waals surface area contributed by atoms with Crippen LogP contribution in [0.4, 0.5) is 0 Å². The van der Waals surface area contributed by atoms with Crippen molar-refractivity contribution in [2.24, 2.45) is 7.05 Å². The van der Waals surface area contributed by atoms with Crippen molar-refractivity contribution >= 4 is 11.6 Å². The van der Waals surface area contributed by atoms with Gasteiger partial charge in [0.1, 0.15) is 5.82 Å². The zero-order valence-electron chi connectivity index (χ0n) is 10.9. The molecule has 19 heavy (non-hydrogen) atoms. The van der Waals surface area contributed by atoms with Crippen LogP contribution in [0.2, 0.25) is 5.02 Å². The van der Waals surface area contributed by atoms with Gasteiger partial charge in [0.2, 0.25) is 0 Å². The van der Waals surface area contributed by atoms with E-state index in [2.05, 4.69) is 10.3 Å². The van der Waals surface area contributed by atoms with Crippen molar-refractivity contribution in [3.8, 4) is 0 Å². The second-order valence-corrected chi connectivity index (χ2v) is 4.91. The van der Waals surface area contributed by atoms with Gasteiger partial charge in [0, 0.05) is 44.0 Å². The molecule has 2 aromatic rings. The topological polar surface area (TPSA) is 50.1 Å². The molecule has 0 saturated heterocycles. The summed E-state index contributed by atoms with van der Waals surface area (Å²) in [4.78, 5) is 4.25. The first-order chi connectivity index (χ1) is 9.16. The summed E-state index contributed by atoms with van der Waals surface area (Å²) in [7, 11) is 1.98. The molecule has 0 amide bonds. The predicted molar refractivity (Wildman–Crippen MR) is 76.2 cm³/mol. The van der Waals surface area contributed by atoms with E-state index in [1.54, 1.807) is 18.3 Å². The van der Waals surface area contributed by atoms with Crippen molar-refractivity contribution < 1.29 is 5.11 Å². The SMILES string of the molecule is Cn1ccnc1CCNCC(O)c1ccc(Cl)cc1. The molecule has 2 rings (SSSR count). The van der Waals surface area contributed by atoms with E-state index in [4.69, 9.17) is 11.6 Å². The molecular formula is C14H18ClN3O. The average molecular weight is 280 g/mol.